The molecule has 2 N–H and O–H groups in total. The summed E-state index contributed by atoms with van der Waals surface area (Å²) < 4.78 is 5.84. The van der Waals surface area contributed by atoms with Crippen LogP contribution in [0.25, 0.3) is 0 Å². The van der Waals surface area contributed by atoms with E-state index in [0.29, 0.717) is 18.6 Å². The molecule has 0 aromatic heterocycles. The molecular formula is C21H27N3O2. The predicted molar refractivity (Wildman–Crippen MR) is 105 cm³/mol. The largest absolute Gasteiger partial charge is 0.457 e. The number of ether oxygens (including phenoxy) is 1. The van der Waals surface area contributed by atoms with E-state index < -0.39 is 0 Å². The van der Waals surface area contributed by atoms with Gasteiger partial charge in [-0.25, -0.2) is 0 Å². The fourth-order valence-electron chi connectivity index (χ4n) is 3.12. The van der Waals surface area contributed by atoms with Crippen LogP contribution in [0.15, 0.2) is 48.5 Å². The summed E-state index contributed by atoms with van der Waals surface area (Å²) in [5.41, 5.74) is 1.94. The number of anilines is 1. The number of aryl methyl sites for hydroxylation is 1. The molecule has 1 heterocycles. The smallest absolute Gasteiger partial charge is 0.238 e. The lowest BCUT2D eigenvalue weighted by Crippen LogP contribution is -2.55. The van der Waals surface area contributed by atoms with E-state index in [1.54, 1.807) is 0 Å². The second-order valence-corrected chi connectivity index (χ2v) is 7.08. The van der Waals surface area contributed by atoms with Crippen molar-refractivity contribution in [1.29, 1.82) is 0 Å². The summed E-state index contributed by atoms with van der Waals surface area (Å²) >= 11 is 0. The number of hydrogen-bond acceptors (Lipinski definition) is 4. The fraction of sp³-hybridized carbons (Fsp3) is 0.381. The van der Waals surface area contributed by atoms with Crippen LogP contribution < -0.4 is 15.4 Å². The van der Waals surface area contributed by atoms with E-state index in [-0.39, 0.29) is 5.91 Å². The summed E-state index contributed by atoms with van der Waals surface area (Å²) in [5, 5.41) is 6.40. The van der Waals surface area contributed by atoms with Crippen molar-refractivity contribution in [3.63, 3.8) is 0 Å². The highest BCUT2D eigenvalue weighted by Gasteiger charge is 2.23. The molecule has 0 saturated carbocycles. The van der Waals surface area contributed by atoms with Crippen LogP contribution in [0.3, 0.4) is 0 Å². The van der Waals surface area contributed by atoms with Gasteiger partial charge in [0.1, 0.15) is 11.5 Å². The topological polar surface area (TPSA) is 53.6 Å². The van der Waals surface area contributed by atoms with E-state index in [2.05, 4.69) is 29.4 Å². The van der Waals surface area contributed by atoms with Crippen LogP contribution in [-0.4, -0.2) is 42.5 Å². The van der Waals surface area contributed by atoms with E-state index in [4.69, 9.17) is 4.74 Å². The van der Waals surface area contributed by atoms with Crippen LogP contribution in [0.1, 0.15) is 19.4 Å². The molecule has 1 amide bonds. The predicted octanol–water partition coefficient (Wildman–Crippen LogP) is 3.41. The molecule has 3 rings (SSSR count). The van der Waals surface area contributed by atoms with Gasteiger partial charge in [-0.2, -0.15) is 0 Å². The minimum absolute atomic E-state index is 0.0123. The molecule has 0 radical (unpaired) electrons. The Morgan fingerprint density at radius 1 is 1.19 bits per heavy atom. The first kappa shape index (κ1) is 18.4. The first-order valence-corrected chi connectivity index (χ1v) is 9.11. The van der Waals surface area contributed by atoms with Crippen LogP contribution in [0.4, 0.5) is 5.69 Å². The van der Waals surface area contributed by atoms with E-state index in [1.807, 2.05) is 55.5 Å². The molecule has 1 fully saturated rings. The summed E-state index contributed by atoms with van der Waals surface area (Å²) in [6, 6.07) is 16.2. The number of benzene rings is 2. The average molecular weight is 353 g/mol. The number of carbonyl (C=O) groups excluding carboxylic acids is 1. The molecule has 1 aliphatic heterocycles. The summed E-state index contributed by atoms with van der Waals surface area (Å²) in [7, 11) is 0. The minimum Gasteiger partial charge on any atom is -0.457 e. The van der Waals surface area contributed by atoms with Crippen molar-refractivity contribution in [2.45, 2.75) is 32.9 Å². The Morgan fingerprint density at radius 2 is 1.96 bits per heavy atom. The van der Waals surface area contributed by atoms with Crippen LogP contribution in [0, 0.1) is 6.92 Å². The van der Waals surface area contributed by atoms with Gasteiger partial charge in [0.25, 0.3) is 0 Å². The molecule has 0 aliphatic carbocycles. The SMILES string of the molecule is Cc1cccc(Oc2ccc(NC(=O)CN3CC(C)NCC3C)cc2)c1. The van der Waals surface area contributed by atoms with Gasteiger partial charge in [-0.1, -0.05) is 12.1 Å². The Labute approximate surface area is 155 Å². The zero-order chi connectivity index (χ0) is 18.5. The molecular weight excluding hydrogens is 326 g/mol. The molecule has 138 valence electrons. The summed E-state index contributed by atoms with van der Waals surface area (Å²) in [5.74, 6) is 1.57. The van der Waals surface area contributed by atoms with Gasteiger partial charge in [0.05, 0.1) is 6.54 Å². The Morgan fingerprint density at radius 3 is 2.69 bits per heavy atom. The van der Waals surface area contributed by atoms with Crippen LogP contribution >= 0.6 is 0 Å². The van der Waals surface area contributed by atoms with E-state index in [9.17, 15) is 4.79 Å². The molecule has 0 bridgehead atoms. The van der Waals surface area contributed by atoms with Crippen LogP contribution in [0.5, 0.6) is 11.5 Å². The molecule has 0 spiro atoms. The standard InChI is InChI=1S/C21H27N3O2/c1-15-5-4-6-20(11-15)26-19-9-7-18(8-10-19)23-21(25)14-24-13-16(2)22-12-17(24)3/h4-11,16-17,22H,12-14H2,1-3H3,(H,23,25). The maximum Gasteiger partial charge on any atom is 0.238 e. The second kappa shape index (κ2) is 8.34. The lowest BCUT2D eigenvalue weighted by atomic mass is 10.1. The van der Waals surface area contributed by atoms with Gasteiger partial charge in [-0.05, 0) is 62.7 Å². The maximum atomic E-state index is 12.3. The molecule has 2 atom stereocenters. The van der Waals surface area contributed by atoms with Crippen molar-refractivity contribution < 1.29 is 9.53 Å². The van der Waals surface area contributed by atoms with Gasteiger partial charge in [0.2, 0.25) is 5.91 Å². The maximum absolute atomic E-state index is 12.3. The van der Waals surface area contributed by atoms with Gasteiger partial charge in [-0.3, -0.25) is 9.69 Å². The van der Waals surface area contributed by atoms with E-state index >= 15 is 0 Å². The number of nitrogens with zero attached hydrogens (tertiary/aromatic N) is 1. The quantitative estimate of drug-likeness (QED) is 0.865. The number of nitrogens with one attached hydrogen (secondary N) is 2. The Hall–Kier alpha value is -2.37. The Bertz CT molecular complexity index is 745. The molecule has 2 aromatic rings. The fourth-order valence-corrected chi connectivity index (χ4v) is 3.12. The first-order chi connectivity index (χ1) is 12.5. The third-order valence-electron chi connectivity index (χ3n) is 4.60. The normalized spacial score (nSPS) is 20.6. The molecule has 1 aliphatic rings. The zero-order valence-electron chi connectivity index (χ0n) is 15.7. The summed E-state index contributed by atoms with van der Waals surface area (Å²) in [6.07, 6.45) is 0. The number of hydrogen-bond donors (Lipinski definition) is 2. The molecule has 5 nitrogen and oxygen atoms in total. The Balaban J connectivity index is 1.54. The molecule has 5 heteroatoms. The van der Waals surface area contributed by atoms with E-state index in [0.717, 1.165) is 35.8 Å². The van der Waals surface area contributed by atoms with Crippen molar-refractivity contribution in [2.75, 3.05) is 25.0 Å². The highest BCUT2D eigenvalue weighted by atomic mass is 16.5. The number of carbonyl (C=O) groups is 1. The summed E-state index contributed by atoms with van der Waals surface area (Å²) in [4.78, 5) is 14.6. The number of amides is 1. The summed E-state index contributed by atoms with van der Waals surface area (Å²) in [6.45, 7) is 8.53. The second-order valence-electron chi connectivity index (χ2n) is 7.08. The van der Waals surface area contributed by atoms with Crippen LogP contribution in [0.2, 0.25) is 0 Å². The van der Waals surface area contributed by atoms with E-state index in [1.165, 1.54) is 0 Å². The minimum atomic E-state index is 0.0123. The zero-order valence-corrected chi connectivity index (χ0v) is 15.7. The van der Waals surface area contributed by atoms with Gasteiger partial charge in [-0.15, -0.1) is 0 Å². The molecule has 26 heavy (non-hydrogen) atoms. The monoisotopic (exact) mass is 353 g/mol. The highest BCUT2D eigenvalue weighted by molar-refractivity contribution is 5.92. The Kier molecular flexibility index (Phi) is 5.91. The van der Waals surface area contributed by atoms with Crippen LogP contribution in [-0.2, 0) is 4.79 Å². The first-order valence-electron chi connectivity index (χ1n) is 9.11. The van der Waals surface area contributed by atoms with Gasteiger partial charge >= 0.3 is 0 Å². The van der Waals surface area contributed by atoms with Crippen molar-refractivity contribution >= 4 is 11.6 Å². The van der Waals surface area contributed by atoms with Gasteiger partial charge < -0.3 is 15.4 Å². The molecule has 1 saturated heterocycles. The van der Waals surface area contributed by atoms with Crippen molar-refractivity contribution in [2.24, 2.45) is 0 Å². The number of rotatable bonds is 5. The van der Waals surface area contributed by atoms with Gasteiger partial charge in [0, 0.05) is 30.9 Å². The lowest BCUT2D eigenvalue weighted by Gasteiger charge is -2.36. The average Bonchev–Trinajstić information content (AvgIpc) is 2.60. The third-order valence-corrected chi connectivity index (χ3v) is 4.60. The van der Waals surface area contributed by atoms with Crippen molar-refractivity contribution in [1.82, 2.24) is 10.2 Å². The number of piperazine rings is 1. The third kappa shape index (κ3) is 5.07. The molecule has 2 aromatic carbocycles. The highest BCUT2D eigenvalue weighted by Crippen LogP contribution is 2.23. The van der Waals surface area contributed by atoms with Gasteiger partial charge in [0.15, 0.2) is 0 Å². The van der Waals surface area contributed by atoms with Crippen molar-refractivity contribution in [3.8, 4) is 11.5 Å². The van der Waals surface area contributed by atoms with Crippen molar-refractivity contribution in [3.05, 3.63) is 54.1 Å². The lowest BCUT2D eigenvalue weighted by molar-refractivity contribution is -0.118. The molecule has 2 unspecified atom stereocenters.